The van der Waals surface area contributed by atoms with Crippen molar-refractivity contribution in [1.29, 1.82) is 0 Å². The highest BCUT2D eigenvalue weighted by atomic mass is 32.1. The van der Waals surface area contributed by atoms with Crippen molar-refractivity contribution in [3.63, 3.8) is 0 Å². The van der Waals surface area contributed by atoms with Crippen LogP contribution in [-0.2, 0) is 9.59 Å². The van der Waals surface area contributed by atoms with E-state index in [-0.39, 0.29) is 17.7 Å². The van der Waals surface area contributed by atoms with Gasteiger partial charge in [-0.3, -0.25) is 14.5 Å². The SMILES string of the molecule is C[C@H]1C(=O)N(C)C(=O)C1C=C=S. The number of likely N-dealkylation sites (tertiary alicyclic amines) is 1. The summed E-state index contributed by atoms with van der Waals surface area (Å²) in [4.78, 5) is 23.7. The van der Waals surface area contributed by atoms with E-state index in [0.717, 1.165) is 4.90 Å². The molecule has 1 aliphatic rings. The highest BCUT2D eigenvalue weighted by Gasteiger charge is 2.41. The minimum atomic E-state index is -0.403. The van der Waals surface area contributed by atoms with Gasteiger partial charge in [0.25, 0.3) is 0 Å². The van der Waals surface area contributed by atoms with Crippen LogP contribution in [0, 0.1) is 11.8 Å². The molecule has 1 aliphatic heterocycles. The predicted octanol–water partition coefficient (Wildman–Crippen LogP) is 0.392. The molecular formula is C8H9NO2S. The van der Waals surface area contributed by atoms with Crippen LogP contribution in [-0.4, -0.2) is 28.8 Å². The first-order valence-corrected chi connectivity index (χ1v) is 4.03. The summed E-state index contributed by atoms with van der Waals surface area (Å²) in [5.41, 5.74) is 0. The third-order valence-corrected chi connectivity index (χ3v) is 2.26. The number of rotatable bonds is 1. The lowest BCUT2D eigenvalue weighted by Gasteiger charge is -2.03. The molecule has 1 heterocycles. The van der Waals surface area contributed by atoms with Crippen LogP contribution in [0.2, 0.25) is 0 Å². The summed E-state index contributed by atoms with van der Waals surface area (Å²) >= 11 is 4.48. The van der Waals surface area contributed by atoms with E-state index in [2.05, 4.69) is 17.2 Å². The molecule has 1 rings (SSSR count). The number of carbonyl (C=O) groups is 2. The standard InChI is InChI=1S/C8H9NO2S/c1-5-6(3-4-12)8(11)9(2)7(5)10/h3,5-6H,1-2H3/t5-,6?/m1/s1. The van der Waals surface area contributed by atoms with Gasteiger partial charge in [0.15, 0.2) is 0 Å². The van der Waals surface area contributed by atoms with Gasteiger partial charge in [-0.15, -0.1) is 0 Å². The first-order valence-electron chi connectivity index (χ1n) is 3.62. The number of hydrogen-bond acceptors (Lipinski definition) is 3. The van der Waals surface area contributed by atoms with Gasteiger partial charge >= 0.3 is 0 Å². The second-order valence-electron chi connectivity index (χ2n) is 2.83. The molecule has 64 valence electrons. The normalized spacial score (nSPS) is 29.0. The van der Waals surface area contributed by atoms with Gasteiger partial charge < -0.3 is 0 Å². The number of hydrogen-bond donors (Lipinski definition) is 0. The van der Waals surface area contributed by atoms with E-state index in [9.17, 15) is 9.59 Å². The summed E-state index contributed by atoms with van der Waals surface area (Å²) in [6.07, 6.45) is 1.48. The first kappa shape index (κ1) is 9.10. The maximum absolute atomic E-state index is 11.3. The number of carbonyl (C=O) groups excluding carboxylic acids is 2. The lowest BCUT2D eigenvalue weighted by molar-refractivity contribution is -0.137. The zero-order chi connectivity index (χ0) is 9.30. The van der Waals surface area contributed by atoms with Crippen molar-refractivity contribution in [2.75, 3.05) is 7.05 Å². The molecule has 3 nitrogen and oxygen atoms in total. The van der Waals surface area contributed by atoms with Gasteiger partial charge in [-0.2, -0.15) is 0 Å². The van der Waals surface area contributed by atoms with Crippen LogP contribution < -0.4 is 0 Å². The molecule has 1 unspecified atom stereocenters. The zero-order valence-corrected chi connectivity index (χ0v) is 7.72. The smallest absolute Gasteiger partial charge is 0.237 e. The summed E-state index contributed by atoms with van der Waals surface area (Å²) in [6.45, 7) is 1.72. The second-order valence-corrected chi connectivity index (χ2v) is 3.07. The van der Waals surface area contributed by atoms with E-state index in [1.54, 1.807) is 6.92 Å². The van der Waals surface area contributed by atoms with Crippen LogP contribution in [0.15, 0.2) is 6.08 Å². The fourth-order valence-electron chi connectivity index (χ4n) is 1.29. The van der Waals surface area contributed by atoms with E-state index in [0.29, 0.717) is 0 Å². The lowest BCUT2D eigenvalue weighted by Crippen LogP contribution is -2.25. The highest BCUT2D eigenvalue weighted by Crippen LogP contribution is 2.24. The lowest BCUT2D eigenvalue weighted by atomic mass is 9.97. The molecule has 0 bridgehead atoms. The van der Waals surface area contributed by atoms with E-state index in [1.807, 2.05) is 0 Å². The summed E-state index contributed by atoms with van der Waals surface area (Å²) in [7, 11) is 1.48. The number of thiocarbonyl (C=S) groups is 1. The van der Waals surface area contributed by atoms with Gasteiger partial charge in [-0.1, -0.05) is 6.92 Å². The minimum Gasteiger partial charge on any atom is -0.285 e. The van der Waals surface area contributed by atoms with Crippen molar-refractivity contribution in [3.8, 4) is 0 Å². The molecule has 1 saturated heterocycles. The first-order chi connectivity index (χ1) is 5.59. The predicted molar refractivity (Wildman–Crippen MR) is 47.6 cm³/mol. The van der Waals surface area contributed by atoms with Gasteiger partial charge in [-0.25, -0.2) is 0 Å². The van der Waals surface area contributed by atoms with Crippen LogP contribution in [0.4, 0.5) is 0 Å². The molecule has 0 spiro atoms. The minimum absolute atomic E-state index is 0.147. The molecular weight excluding hydrogens is 174 g/mol. The monoisotopic (exact) mass is 183 g/mol. The number of amides is 2. The molecule has 4 heteroatoms. The Labute approximate surface area is 76.0 Å². The van der Waals surface area contributed by atoms with Gasteiger partial charge in [0.2, 0.25) is 11.8 Å². The Kier molecular flexibility index (Phi) is 2.40. The summed E-state index contributed by atoms with van der Waals surface area (Å²) in [5, 5.41) is 2.37. The molecule has 0 aliphatic carbocycles. The van der Waals surface area contributed by atoms with Crippen molar-refractivity contribution >= 4 is 29.1 Å². The molecule has 0 aromatic heterocycles. The fraction of sp³-hybridized carbons (Fsp3) is 0.500. The Morgan fingerprint density at radius 2 is 2.08 bits per heavy atom. The molecule has 12 heavy (non-hydrogen) atoms. The molecule has 2 amide bonds. The average Bonchev–Trinajstić information content (AvgIpc) is 2.23. The molecule has 0 radical (unpaired) electrons. The maximum Gasteiger partial charge on any atom is 0.237 e. The van der Waals surface area contributed by atoms with E-state index >= 15 is 0 Å². The van der Waals surface area contributed by atoms with Crippen LogP contribution in [0.3, 0.4) is 0 Å². The van der Waals surface area contributed by atoms with E-state index in [1.165, 1.54) is 13.1 Å². The Balaban J connectivity index is 2.98. The largest absolute Gasteiger partial charge is 0.285 e. The Hall–Kier alpha value is -0.990. The third kappa shape index (κ3) is 1.19. The van der Waals surface area contributed by atoms with Crippen molar-refractivity contribution in [1.82, 2.24) is 4.90 Å². The van der Waals surface area contributed by atoms with Gasteiger partial charge in [0, 0.05) is 7.05 Å². The second kappa shape index (κ2) is 3.17. The summed E-state index contributed by atoms with van der Waals surface area (Å²) in [5.74, 6) is -1.03. The molecule has 0 saturated carbocycles. The van der Waals surface area contributed by atoms with Crippen LogP contribution in [0.5, 0.6) is 0 Å². The molecule has 2 atom stereocenters. The molecule has 0 N–H and O–H groups in total. The fourth-order valence-corrected chi connectivity index (χ4v) is 1.44. The quantitative estimate of drug-likeness (QED) is 0.436. The topological polar surface area (TPSA) is 37.4 Å². The summed E-state index contributed by atoms with van der Waals surface area (Å²) < 4.78 is 0. The van der Waals surface area contributed by atoms with E-state index < -0.39 is 5.92 Å². The molecule has 0 aromatic rings. The van der Waals surface area contributed by atoms with Crippen LogP contribution >= 0.6 is 12.2 Å². The number of imide groups is 1. The van der Waals surface area contributed by atoms with E-state index in [4.69, 9.17) is 0 Å². The Morgan fingerprint density at radius 1 is 1.50 bits per heavy atom. The van der Waals surface area contributed by atoms with Gasteiger partial charge in [0.05, 0.1) is 11.8 Å². The molecule has 0 aromatic carbocycles. The Bertz CT molecular complexity index is 281. The van der Waals surface area contributed by atoms with Crippen LogP contribution in [0.25, 0.3) is 0 Å². The Morgan fingerprint density at radius 3 is 2.42 bits per heavy atom. The average molecular weight is 183 g/mol. The number of nitrogens with zero attached hydrogens (tertiary/aromatic N) is 1. The third-order valence-electron chi connectivity index (χ3n) is 2.12. The zero-order valence-electron chi connectivity index (χ0n) is 6.90. The highest BCUT2D eigenvalue weighted by molar-refractivity contribution is 7.78. The maximum atomic E-state index is 11.3. The van der Waals surface area contributed by atoms with Gasteiger partial charge in [0.1, 0.15) is 0 Å². The van der Waals surface area contributed by atoms with Crippen molar-refractivity contribution in [2.24, 2.45) is 11.8 Å². The van der Waals surface area contributed by atoms with Crippen molar-refractivity contribution < 1.29 is 9.59 Å². The van der Waals surface area contributed by atoms with Gasteiger partial charge in [-0.05, 0) is 23.3 Å². The summed E-state index contributed by atoms with van der Waals surface area (Å²) in [6, 6.07) is 0. The van der Waals surface area contributed by atoms with Crippen molar-refractivity contribution in [3.05, 3.63) is 6.08 Å². The van der Waals surface area contributed by atoms with Crippen LogP contribution in [0.1, 0.15) is 6.92 Å². The van der Waals surface area contributed by atoms with Crippen molar-refractivity contribution in [2.45, 2.75) is 6.92 Å². The molecule has 1 fully saturated rings.